The van der Waals surface area contributed by atoms with Gasteiger partial charge in [0.25, 0.3) is 0 Å². The van der Waals surface area contributed by atoms with E-state index >= 15 is 0 Å². The Bertz CT molecular complexity index is 424. The van der Waals surface area contributed by atoms with Crippen molar-refractivity contribution in [3.63, 3.8) is 0 Å². The summed E-state index contributed by atoms with van der Waals surface area (Å²) in [6, 6.07) is 0. The first-order valence-corrected chi connectivity index (χ1v) is 7.44. The third-order valence-electron chi connectivity index (χ3n) is 3.69. The molecule has 1 rings (SSSR count). The summed E-state index contributed by atoms with van der Waals surface area (Å²) in [5.74, 6) is -0.185. The summed E-state index contributed by atoms with van der Waals surface area (Å²) in [5.41, 5.74) is -1.22. The second kappa shape index (κ2) is 6.45. The number of amides is 3. The van der Waals surface area contributed by atoms with Crippen molar-refractivity contribution in [2.45, 2.75) is 53.0 Å². The number of nitrogens with one attached hydrogen (secondary N) is 2. The highest BCUT2D eigenvalue weighted by atomic mass is 16.2. The molecule has 0 radical (unpaired) electrons. The second-order valence-electron chi connectivity index (χ2n) is 6.97. The van der Waals surface area contributed by atoms with Crippen molar-refractivity contribution < 1.29 is 14.4 Å². The van der Waals surface area contributed by atoms with Gasteiger partial charge in [0.15, 0.2) is 0 Å². The molecule has 0 aromatic rings. The van der Waals surface area contributed by atoms with Gasteiger partial charge in [0.2, 0.25) is 17.7 Å². The fourth-order valence-corrected chi connectivity index (χ4v) is 2.18. The molecule has 0 atom stereocenters. The largest absolute Gasteiger partial charge is 0.356 e. The maximum absolute atomic E-state index is 12.2. The van der Waals surface area contributed by atoms with Crippen molar-refractivity contribution >= 4 is 17.7 Å². The molecule has 3 amide bonds. The number of nitrogens with zero attached hydrogens (tertiary/aromatic N) is 1. The number of carbonyl (C=O) groups excluding carboxylic acids is 3. The summed E-state index contributed by atoms with van der Waals surface area (Å²) in [4.78, 5) is 37.4. The number of piperazine rings is 1. The SMILES string of the molecule is CC(C)(C)C(=O)NCCCC(=O)N1CCNC(=O)C1(C)C. The van der Waals surface area contributed by atoms with Crippen LogP contribution in [0, 0.1) is 5.41 Å². The van der Waals surface area contributed by atoms with Gasteiger partial charge in [-0.15, -0.1) is 0 Å². The van der Waals surface area contributed by atoms with Gasteiger partial charge in [-0.3, -0.25) is 14.4 Å². The van der Waals surface area contributed by atoms with E-state index in [0.717, 1.165) is 0 Å². The van der Waals surface area contributed by atoms with Crippen molar-refractivity contribution in [3.05, 3.63) is 0 Å². The minimum Gasteiger partial charge on any atom is -0.356 e. The standard InChI is InChI=1S/C15H27N3O3/c1-14(2,3)12(20)16-8-6-7-11(19)18-10-9-17-13(21)15(18,4)5/h6-10H2,1-5H3,(H,16,20)(H,17,21). The molecule has 0 aromatic heterocycles. The van der Waals surface area contributed by atoms with Crippen LogP contribution in [0.25, 0.3) is 0 Å². The van der Waals surface area contributed by atoms with Crippen LogP contribution in [0.2, 0.25) is 0 Å². The lowest BCUT2D eigenvalue weighted by molar-refractivity contribution is -0.149. The molecule has 1 fully saturated rings. The summed E-state index contributed by atoms with van der Waals surface area (Å²) in [5, 5.41) is 5.59. The van der Waals surface area contributed by atoms with Gasteiger partial charge in [0.05, 0.1) is 0 Å². The predicted molar refractivity (Wildman–Crippen MR) is 80.5 cm³/mol. The van der Waals surface area contributed by atoms with Gasteiger partial charge in [0.1, 0.15) is 5.54 Å². The van der Waals surface area contributed by atoms with E-state index in [4.69, 9.17) is 0 Å². The van der Waals surface area contributed by atoms with E-state index in [0.29, 0.717) is 32.5 Å². The summed E-state index contributed by atoms with van der Waals surface area (Å²) in [6.07, 6.45) is 0.913. The molecule has 1 aliphatic rings. The molecule has 0 aliphatic carbocycles. The Morgan fingerprint density at radius 3 is 2.52 bits per heavy atom. The van der Waals surface area contributed by atoms with E-state index in [-0.39, 0.29) is 17.7 Å². The molecule has 0 aromatic carbocycles. The van der Waals surface area contributed by atoms with Crippen LogP contribution in [0.4, 0.5) is 0 Å². The Kier molecular flexibility index (Phi) is 5.36. The number of rotatable bonds is 4. The summed E-state index contributed by atoms with van der Waals surface area (Å²) >= 11 is 0. The third-order valence-corrected chi connectivity index (χ3v) is 3.69. The second-order valence-corrected chi connectivity index (χ2v) is 6.97. The lowest BCUT2D eigenvalue weighted by atomic mass is 9.95. The van der Waals surface area contributed by atoms with E-state index in [9.17, 15) is 14.4 Å². The van der Waals surface area contributed by atoms with Crippen molar-refractivity contribution in [1.29, 1.82) is 0 Å². The van der Waals surface area contributed by atoms with Crippen molar-refractivity contribution in [2.24, 2.45) is 5.41 Å². The van der Waals surface area contributed by atoms with E-state index in [1.54, 1.807) is 18.7 Å². The average Bonchev–Trinajstić information content (AvgIpc) is 2.36. The van der Waals surface area contributed by atoms with Crippen LogP contribution in [0.15, 0.2) is 0 Å². The van der Waals surface area contributed by atoms with Gasteiger partial charge in [-0.1, -0.05) is 20.8 Å². The lowest BCUT2D eigenvalue weighted by Crippen LogP contribution is -2.63. The molecule has 0 spiro atoms. The molecule has 0 bridgehead atoms. The van der Waals surface area contributed by atoms with Crippen LogP contribution in [-0.4, -0.2) is 47.8 Å². The van der Waals surface area contributed by atoms with Crippen molar-refractivity contribution in [1.82, 2.24) is 15.5 Å². The highest BCUT2D eigenvalue weighted by Gasteiger charge is 2.39. The van der Waals surface area contributed by atoms with Crippen molar-refractivity contribution in [2.75, 3.05) is 19.6 Å². The Morgan fingerprint density at radius 2 is 1.95 bits per heavy atom. The number of hydrogen-bond acceptors (Lipinski definition) is 3. The Hall–Kier alpha value is -1.59. The molecule has 6 nitrogen and oxygen atoms in total. The van der Waals surface area contributed by atoms with Crippen LogP contribution in [0.5, 0.6) is 0 Å². The van der Waals surface area contributed by atoms with Crippen LogP contribution >= 0.6 is 0 Å². The first kappa shape index (κ1) is 17.5. The van der Waals surface area contributed by atoms with Crippen molar-refractivity contribution in [3.8, 4) is 0 Å². The molecule has 6 heteroatoms. The molecule has 0 saturated carbocycles. The van der Waals surface area contributed by atoms with E-state index < -0.39 is 11.0 Å². The Morgan fingerprint density at radius 1 is 1.33 bits per heavy atom. The minimum absolute atomic E-state index is 0.0207. The average molecular weight is 297 g/mol. The Labute approximate surface area is 126 Å². The summed E-state index contributed by atoms with van der Waals surface area (Å²) in [7, 11) is 0. The smallest absolute Gasteiger partial charge is 0.245 e. The van der Waals surface area contributed by atoms with Gasteiger partial charge in [-0.25, -0.2) is 0 Å². The molecule has 1 aliphatic heterocycles. The molecule has 1 saturated heterocycles. The predicted octanol–water partition coefficient (Wildman–Crippen LogP) is 0.666. The maximum atomic E-state index is 12.2. The highest BCUT2D eigenvalue weighted by molar-refractivity contribution is 5.91. The molecule has 0 unspecified atom stereocenters. The summed E-state index contributed by atoms with van der Waals surface area (Å²) < 4.78 is 0. The number of carbonyl (C=O) groups is 3. The molecule has 1 heterocycles. The fraction of sp³-hybridized carbons (Fsp3) is 0.800. The summed E-state index contributed by atoms with van der Waals surface area (Å²) in [6.45, 7) is 10.6. The first-order chi connectivity index (χ1) is 9.56. The normalized spacial score (nSPS) is 18.1. The first-order valence-electron chi connectivity index (χ1n) is 7.44. The van der Waals surface area contributed by atoms with Gasteiger partial charge >= 0.3 is 0 Å². The monoisotopic (exact) mass is 297 g/mol. The zero-order chi connectivity index (χ0) is 16.3. The van der Waals surface area contributed by atoms with E-state index in [2.05, 4.69) is 10.6 Å². The van der Waals surface area contributed by atoms with E-state index in [1.165, 1.54) is 0 Å². The Balaban J connectivity index is 2.41. The zero-order valence-electron chi connectivity index (χ0n) is 13.7. The van der Waals surface area contributed by atoms with Crippen LogP contribution in [0.3, 0.4) is 0 Å². The molecular formula is C15H27N3O3. The molecule has 120 valence electrons. The number of hydrogen-bond donors (Lipinski definition) is 2. The third kappa shape index (κ3) is 4.44. The molecular weight excluding hydrogens is 270 g/mol. The van der Waals surface area contributed by atoms with Crippen LogP contribution < -0.4 is 10.6 Å². The molecule has 2 N–H and O–H groups in total. The van der Waals surface area contributed by atoms with Gasteiger partial charge in [0, 0.05) is 31.5 Å². The van der Waals surface area contributed by atoms with Crippen LogP contribution in [-0.2, 0) is 14.4 Å². The van der Waals surface area contributed by atoms with E-state index in [1.807, 2.05) is 20.8 Å². The lowest BCUT2D eigenvalue weighted by Gasteiger charge is -2.41. The fourth-order valence-electron chi connectivity index (χ4n) is 2.18. The quantitative estimate of drug-likeness (QED) is 0.749. The minimum atomic E-state index is -0.802. The van der Waals surface area contributed by atoms with Gasteiger partial charge in [-0.05, 0) is 20.3 Å². The topological polar surface area (TPSA) is 78.5 Å². The van der Waals surface area contributed by atoms with Crippen LogP contribution in [0.1, 0.15) is 47.5 Å². The molecule has 21 heavy (non-hydrogen) atoms. The maximum Gasteiger partial charge on any atom is 0.245 e. The zero-order valence-corrected chi connectivity index (χ0v) is 13.7. The highest BCUT2D eigenvalue weighted by Crippen LogP contribution is 2.19. The van der Waals surface area contributed by atoms with Gasteiger partial charge < -0.3 is 15.5 Å². The van der Waals surface area contributed by atoms with Gasteiger partial charge in [-0.2, -0.15) is 0 Å².